The number of hydrogen-bond donors (Lipinski definition) is 0. The van der Waals surface area contributed by atoms with Crippen molar-refractivity contribution in [2.24, 2.45) is 0 Å². The average molecular weight is 502 g/mol. The summed E-state index contributed by atoms with van der Waals surface area (Å²) >= 11 is 6.05. The van der Waals surface area contributed by atoms with E-state index in [1.54, 1.807) is 11.0 Å². The fourth-order valence-electron chi connectivity index (χ4n) is 4.00. The van der Waals surface area contributed by atoms with Crippen LogP contribution in [-0.4, -0.2) is 48.0 Å². The van der Waals surface area contributed by atoms with Gasteiger partial charge < -0.3 is 18.9 Å². The molecule has 0 aromatic carbocycles. The summed E-state index contributed by atoms with van der Waals surface area (Å²) < 4.78 is 55.5. The topological polar surface area (TPSA) is 77.7 Å². The number of rotatable bonds is 8. The molecule has 4 heterocycles. The second kappa shape index (κ2) is 9.83. The number of Topliss-reactive ketones (excluding diaryl/α,β-unsaturated/α-hetero) is 1. The first-order chi connectivity index (χ1) is 16.0. The van der Waals surface area contributed by atoms with Crippen LogP contribution in [0.5, 0.6) is 0 Å². The first-order valence-electron chi connectivity index (χ1n) is 11.3. The molecule has 2 saturated heterocycles. The number of carbonyl (C=O) groups excluding carboxylic acids is 1. The molecule has 2 aliphatic rings. The molecule has 0 aliphatic carbocycles. The van der Waals surface area contributed by atoms with Crippen molar-refractivity contribution in [2.45, 2.75) is 69.9 Å². The lowest BCUT2D eigenvalue weighted by atomic mass is 9.89. The first-order valence-corrected chi connectivity index (χ1v) is 11.6. The van der Waals surface area contributed by atoms with Gasteiger partial charge in [0.15, 0.2) is 12.1 Å². The summed E-state index contributed by atoms with van der Waals surface area (Å²) in [4.78, 5) is 18.4. The van der Waals surface area contributed by atoms with Gasteiger partial charge in [0.05, 0.1) is 35.3 Å². The molecule has 7 nitrogen and oxygen atoms in total. The van der Waals surface area contributed by atoms with Gasteiger partial charge in [-0.05, 0) is 31.7 Å². The number of hydrogen-bond acceptors (Lipinski definition) is 7. The Morgan fingerprint density at radius 1 is 1.26 bits per heavy atom. The predicted molar refractivity (Wildman–Crippen MR) is 118 cm³/mol. The van der Waals surface area contributed by atoms with Crippen molar-refractivity contribution in [3.05, 3.63) is 40.4 Å². The number of nitrogens with zero attached hydrogens (tertiary/aromatic N) is 3. The van der Waals surface area contributed by atoms with Gasteiger partial charge in [-0.1, -0.05) is 30.6 Å². The summed E-state index contributed by atoms with van der Waals surface area (Å²) in [6.07, 6.45) is -0.469. The van der Waals surface area contributed by atoms with Crippen molar-refractivity contribution in [1.82, 2.24) is 10.1 Å². The highest BCUT2D eigenvalue weighted by atomic mass is 35.5. The van der Waals surface area contributed by atoms with Crippen LogP contribution in [0, 0.1) is 0 Å². The molecule has 0 saturated carbocycles. The lowest BCUT2D eigenvalue weighted by Gasteiger charge is -2.41. The third-order valence-corrected chi connectivity index (χ3v) is 6.46. The molecule has 2 aromatic heterocycles. The number of halogens is 4. The maximum atomic E-state index is 12.9. The highest BCUT2D eigenvalue weighted by Gasteiger charge is 2.38. The smallest absolute Gasteiger partial charge is 0.361 e. The summed E-state index contributed by atoms with van der Waals surface area (Å²) in [5.74, 6) is 0.442. The molecule has 2 aliphatic heterocycles. The Morgan fingerprint density at radius 2 is 2.06 bits per heavy atom. The van der Waals surface area contributed by atoms with Crippen molar-refractivity contribution in [3.8, 4) is 0 Å². The number of alkyl halides is 3. The van der Waals surface area contributed by atoms with Crippen LogP contribution in [0.3, 0.4) is 0 Å². The maximum absolute atomic E-state index is 12.9. The van der Waals surface area contributed by atoms with E-state index in [2.05, 4.69) is 10.1 Å². The number of carbonyl (C=O) groups is 1. The predicted octanol–water partition coefficient (Wildman–Crippen LogP) is 4.95. The van der Waals surface area contributed by atoms with Gasteiger partial charge in [0.1, 0.15) is 11.6 Å². The van der Waals surface area contributed by atoms with Gasteiger partial charge >= 0.3 is 6.18 Å². The van der Waals surface area contributed by atoms with E-state index >= 15 is 0 Å². The maximum Gasteiger partial charge on any atom is 0.417 e. The zero-order valence-electron chi connectivity index (χ0n) is 19.0. The highest BCUT2D eigenvalue weighted by Crippen LogP contribution is 2.36. The molecule has 0 radical (unpaired) electrons. The summed E-state index contributed by atoms with van der Waals surface area (Å²) in [5.41, 5.74) is -0.698. The van der Waals surface area contributed by atoms with Crippen LogP contribution in [0.2, 0.25) is 5.02 Å². The molecule has 2 atom stereocenters. The van der Waals surface area contributed by atoms with Crippen molar-refractivity contribution in [2.75, 3.05) is 24.7 Å². The van der Waals surface area contributed by atoms with Crippen molar-refractivity contribution < 1.29 is 32.0 Å². The van der Waals surface area contributed by atoms with Crippen molar-refractivity contribution >= 4 is 23.2 Å². The van der Waals surface area contributed by atoms with Crippen LogP contribution in [0.15, 0.2) is 22.9 Å². The van der Waals surface area contributed by atoms with Gasteiger partial charge in [-0.2, -0.15) is 13.2 Å². The van der Waals surface area contributed by atoms with Crippen LogP contribution < -0.4 is 4.90 Å². The molecule has 4 rings (SSSR count). The lowest BCUT2D eigenvalue weighted by molar-refractivity contribution is -0.170. The fraction of sp³-hybridized carbons (Fsp3) is 0.609. The van der Waals surface area contributed by atoms with Gasteiger partial charge in [-0.15, -0.1) is 0 Å². The number of ketones is 1. The quantitative estimate of drug-likeness (QED) is 0.506. The van der Waals surface area contributed by atoms with Gasteiger partial charge in [-0.25, -0.2) is 4.98 Å². The molecular weight excluding hydrogens is 475 g/mol. The third kappa shape index (κ3) is 5.55. The van der Waals surface area contributed by atoms with Crippen LogP contribution in [0.1, 0.15) is 56.5 Å². The van der Waals surface area contributed by atoms with E-state index in [1.807, 2.05) is 13.8 Å². The minimum atomic E-state index is -4.54. The van der Waals surface area contributed by atoms with E-state index in [1.165, 1.54) is 0 Å². The Hall–Kier alpha value is -2.17. The van der Waals surface area contributed by atoms with E-state index in [-0.39, 0.29) is 29.3 Å². The number of anilines is 1. The lowest BCUT2D eigenvalue weighted by Crippen LogP contribution is -2.53. The number of pyridine rings is 1. The van der Waals surface area contributed by atoms with Crippen molar-refractivity contribution in [1.29, 1.82) is 0 Å². The largest absolute Gasteiger partial charge is 0.417 e. The first kappa shape index (κ1) is 24.9. The molecule has 2 fully saturated rings. The Bertz CT molecular complexity index is 1020. The monoisotopic (exact) mass is 501 g/mol. The summed E-state index contributed by atoms with van der Waals surface area (Å²) in [7, 11) is 0. The fourth-order valence-corrected chi connectivity index (χ4v) is 4.27. The van der Waals surface area contributed by atoms with E-state index in [0.717, 1.165) is 31.5 Å². The Labute approximate surface area is 200 Å². The summed E-state index contributed by atoms with van der Waals surface area (Å²) in [6, 6.07) is 2.04. The van der Waals surface area contributed by atoms with Crippen molar-refractivity contribution in [3.63, 3.8) is 0 Å². The third-order valence-electron chi connectivity index (χ3n) is 6.18. The standard InChI is InChI=1S/C23H27ClF3N3O4/c1-22(2,13-33-20-5-3-4-8-32-20)19-11-15(34-29-19)10-18(31)17-6-7-30(17)21-16(24)9-14(12-28-21)23(25,26)27/h9,11-12,17,20H,3-8,10,13H2,1-2H3/t17-,20?/m0/s1. The van der Waals surface area contributed by atoms with Gasteiger partial charge in [0, 0.05) is 30.8 Å². The zero-order valence-corrected chi connectivity index (χ0v) is 19.8. The van der Waals surface area contributed by atoms with E-state index in [9.17, 15) is 18.0 Å². The number of aromatic nitrogens is 2. The second-order valence-corrected chi connectivity index (χ2v) is 9.74. The van der Waals surface area contributed by atoms with Gasteiger partial charge in [-0.3, -0.25) is 4.79 Å². The SMILES string of the molecule is CC(C)(COC1CCCCO1)c1cc(CC(=O)[C@@H]2CCN2c2ncc(C(F)(F)F)cc2Cl)on1. The molecular formula is C23H27ClF3N3O4. The van der Waals surface area contributed by atoms with E-state index < -0.39 is 23.2 Å². The van der Waals surface area contributed by atoms with Crippen LogP contribution in [0.25, 0.3) is 0 Å². The summed E-state index contributed by atoms with van der Waals surface area (Å²) in [6.45, 7) is 5.53. The molecule has 0 spiro atoms. The molecule has 34 heavy (non-hydrogen) atoms. The number of ether oxygens (including phenoxy) is 2. The molecule has 0 amide bonds. The molecule has 0 bridgehead atoms. The normalized spacial score (nSPS) is 21.4. The highest BCUT2D eigenvalue weighted by molar-refractivity contribution is 6.33. The minimum Gasteiger partial charge on any atom is -0.361 e. The Morgan fingerprint density at radius 3 is 2.68 bits per heavy atom. The molecule has 0 N–H and O–H groups in total. The molecule has 2 aromatic rings. The second-order valence-electron chi connectivity index (χ2n) is 9.34. The van der Waals surface area contributed by atoms with Gasteiger partial charge in [0.25, 0.3) is 0 Å². The Kier molecular flexibility index (Phi) is 7.21. The average Bonchev–Trinajstić information content (AvgIpc) is 3.22. The van der Waals surface area contributed by atoms with Crippen LogP contribution in [-0.2, 0) is 32.3 Å². The summed E-state index contributed by atoms with van der Waals surface area (Å²) in [5, 5.41) is 3.99. The zero-order chi connectivity index (χ0) is 24.5. The minimum absolute atomic E-state index is 0.00902. The van der Waals surface area contributed by atoms with Crippen LogP contribution >= 0.6 is 11.6 Å². The van der Waals surface area contributed by atoms with E-state index in [0.29, 0.717) is 37.6 Å². The van der Waals surface area contributed by atoms with Gasteiger partial charge in [0.2, 0.25) is 0 Å². The van der Waals surface area contributed by atoms with Crippen LogP contribution in [0.4, 0.5) is 19.0 Å². The molecule has 186 valence electrons. The Balaban J connectivity index is 1.36. The molecule has 11 heteroatoms. The van der Waals surface area contributed by atoms with E-state index in [4.69, 9.17) is 25.6 Å². The molecule has 1 unspecified atom stereocenters.